The maximum atomic E-state index is 14.0. The van der Waals surface area contributed by atoms with Crippen molar-refractivity contribution >= 4 is 11.2 Å². The first kappa shape index (κ1) is 17.2. The number of imidazole rings is 1. The zero-order chi connectivity index (χ0) is 19.0. The van der Waals surface area contributed by atoms with Gasteiger partial charge in [-0.25, -0.2) is 14.4 Å². The van der Waals surface area contributed by atoms with Crippen LogP contribution in [-0.4, -0.2) is 26.8 Å². The number of aromatic nitrogens is 3. The lowest BCUT2D eigenvalue weighted by atomic mass is 9.99. The molecule has 4 rings (SSSR count). The number of nitrogens with zero attached hydrogens (tertiary/aromatic N) is 3. The number of phenolic OH excluding ortho intramolecular Hbond substituents is 1. The maximum Gasteiger partial charge on any atom is 0.178 e. The number of pyridine rings is 1. The monoisotopic (exact) mass is 363 g/mol. The van der Waals surface area contributed by atoms with Crippen LogP contribution in [0.25, 0.3) is 33.5 Å². The van der Waals surface area contributed by atoms with Crippen LogP contribution in [0.2, 0.25) is 0 Å². The molecule has 0 amide bonds. The molecular weight excluding hydrogens is 345 g/mol. The van der Waals surface area contributed by atoms with Gasteiger partial charge in [0.05, 0.1) is 11.2 Å². The Hall–Kier alpha value is -3.25. The van der Waals surface area contributed by atoms with Crippen molar-refractivity contribution in [2.24, 2.45) is 7.05 Å². The highest BCUT2D eigenvalue weighted by Crippen LogP contribution is 2.35. The highest BCUT2D eigenvalue weighted by Gasteiger charge is 2.17. The van der Waals surface area contributed by atoms with Gasteiger partial charge in [-0.2, -0.15) is 0 Å². The Morgan fingerprint density at radius 3 is 2.52 bits per heavy atom. The van der Waals surface area contributed by atoms with Gasteiger partial charge in [0, 0.05) is 25.3 Å². The zero-order valence-corrected chi connectivity index (χ0v) is 15.0. The van der Waals surface area contributed by atoms with Gasteiger partial charge in [0.2, 0.25) is 0 Å². The van der Waals surface area contributed by atoms with Crippen molar-refractivity contribution in [3.63, 3.8) is 0 Å². The van der Waals surface area contributed by atoms with E-state index >= 15 is 0 Å². The van der Waals surface area contributed by atoms with E-state index < -0.39 is 5.82 Å². The average molecular weight is 363 g/mol. The fourth-order valence-corrected chi connectivity index (χ4v) is 3.13. The van der Waals surface area contributed by atoms with Crippen molar-refractivity contribution in [1.82, 2.24) is 14.5 Å². The molecule has 2 aromatic heterocycles. The summed E-state index contributed by atoms with van der Waals surface area (Å²) in [5, 5.41) is 9.54. The van der Waals surface area contributed by atoms with Crippen LogP contribution >= 0.6 is 0 Å². The van der Waals surface area contributed by atoms with Crippen molar-refractivity contribution in [2.75, 3.05) is 7.11 Å². The van der Waals surface area contributed by atoms with Gasteiger partial charge in [0.25, 0.3) is 0 Å². The Balaban J connectivity index is 2.01. The maximum absolute atomic E-state index is 14.0. The summed E-state index contributed by atoms with van der Waals surface area (Å²) in [6.45, 7) is 0.372. The highest BCUT2D eigenvalue weighted by molar-refractivity contribution is 5.89. The van der Waals surface area contributed by atoms with E-state index in [4.69, 9.17) is 9.72 Å². The lowest BCUT2D eigenvalue weighted by Crippen LogP contribution is -1.99. The number of ether oxygens (including phenoxy) is 1. The van der Waals surface area contributed by atoms with Gasteiger partial charge in [-0.3, -0.25) is 0 Å². The van der Waals surface area contributed by atoms with Gasteiger partial charge in [-0.1, -0.05) is 36.4 Å². The van der Waals surface area contributed by atoms with Crippen LogP contribution in [0, 0.1) is 5.82 Å². The normalized spacial score (nSPS) is 11.2. The van der Waals surface area contributed by atoms with Gasteiger partial charge < -0.3 is 14.4 Å². The molecule has 0 aliphatic carbocycles. The molecule has 2 heterocycles. The van der Waals surface area contributed by atoms with Crippen LogP contribution in [0.3, 0.4) is 0 Å². The summed E-state index contributed by atoms with van der Waals surface area (Å²) in [4.78, 5) is 9.33. The number of benzene rings is 2. The number of hydrogen-bond donors (Lipinski definition) is 1. The van der Waals surface area contributed by atoms with Crippen molar-refractivity contribution in [3.8, 4) is 28.1 Å². The second-order valence-corrected chi connectivity index (χ2v) is 6.28. The van der Waals surface area contributed by atoms with Gasteiger partial charge in [-0.05, 0) is 23.8 Å². The number of aromatic hydroxyl groups is 1. The molecule has 0 radical (unpaired) electrons. The van der Waals surface area contributed by atoms with Crippen LogP contribution in [0.15, 0.2) is 54.6 Å². The predicted molar refractivity (Wildman–Crippen MR) is 102 cm³/mol. The molecule has 136 valence electrons. The fraction of sp³-hybridized carbons (Fsp3) is 0.143. The number of halogens is 1. The Bertz CT molecular complexity index is 1120. The molecule has 2 aromatic carbocycles. The summed E-state index contributed by atoms with van der Waals surface area (Å²) in [6.07, 6.45) is 0. The molecule has 5 nitrogen and oxygen atoms in total. The lowest BCUT2D eigenvalue weighted by Gasteiger charge is -2.11. The van der Waals surface area contributed by atoms with E-state index in [-0.39, 0.29) is 5.75 Å². The summed E-state index contributed by atoms with van der Waals surface area (Å²) in [6, 6.07) is 16.0. The third-order valence-corrected chi connectivity index (χ3v) is 4.55. The van der Waals surface area contributed by atoms with E-state index in [1.165, 1.54) is 12.1 Å². The summed E-state index contributed by atoms with van der Waals surface area (Å²) in [7, 11) is 3.52. The molecule has 0 bridgehead atoms. The summed E-state index contributed by atoms with van der Waals surface area (Å²) < 4.78 is 21.1. The third kappa shape index (κ3) is 3.04. The van der Waals surface area contributed by atoms with E-state index in [0.717, 1.165) is 22.5 Å². The van der Waals surface area contributed by atoms with Gasteiger partial charge in [0.1, 0.15) is 12.4 Å². The number of aryl methyl sites for hydroxylation is 1. The minimum absolute atomic E-state index is 0.372. The molecule has 6 heteroatoms. The van der Waals surface area contributed by atoms with E-state index in [1.807, 2.05) is 48.0 Å². The number of rotatable bonds is 4. The predicted octanol–water partition coefficient (Wildman–Crippen LogP) is 4.29. The molecule has 4 aromatic rings. The molecule has 0 aliphatic rings. The first-order valence-corrected chi connectivity index (χ1v) is 8.48. The topological polar surface area (TPSA) is 60.2 Å². The quantitative estimate of drug-likeness (QED) is 0.587. The Morgan fingerprint density at radius 2 is 1.81 bits per heavy atom. The second kappa shape index (κ2) is 6.81. The Kier molecular flexibility index (Phi) is 4.33. The van der Waals surface area contributed by atoms with E-state index in [0.29, 0.717) is 23.5 Å². The molecule has 0 aliphatic heterocycles. The van der Waals surface area contributed by atoms with Crippen molar-refractivity contribution in [1.29, 1.82) is 0 Å². The summed E-state index contributed by atoms with van der Waals surface area (Å²) in [5.41, 5.74) is 4.43. The molecular formula is C21H18FN3O2. The first-order chi connectivity index (χ1) is 13.1. The van der Waals surface area contributed by atoms with Crippen molar-refractivity contribution in [3.05, 3.63) is 66.2 Å². The fourth-order valence-electron chi connectivity index (χ4n) is 3.13. The summed E-state index contributed by atoms with van der Waals surface area (Å²) >= 11 is 0. The van der Waals surface area contributed by atoms with Crippen LogP contribution in [0.5, 0.6) is 5.75 Å². The molecule has 0 fully saturated rings. The van der Waals surface area contributed by atoms with Crippen molar-refractivity contribution in [2.45, 2.75) is 6.61 Å². The standard InChI is InChI=1S/C21H18FN3O2/c1-25-17-11-15(14-8-9-18(26)16(22)10-14)20(13-6-4-3-5-7-13)24-21(17)23-19(25)12-27-2/h3-11,26H,12H2,1-2H3. The molecule has 0 unspecified atom stereocenters. The largest absolute Gasteiger partial charge is 0.505 e. The zero-order valence-electron chi connectivity index (χ0n) is 15.0. The molecule has 0 saturated carbocycles. The van der Waals surface area contributed by atoms with Crippen molar-refractivity contribution < 1.29 is 14.2 Å². The van der Waals surface area contributed by atoms with Crippen LogP contribution in [-0.2, 0) is 18.4 Å². The molecule has 0 atom stereocenters. The van der Waals surface area contributed by atoms with Crippen LogP contribution in [0.1, 0.15) is 5.82 Å². The lowest BCUT2D eigenvalue weighted by molar-refractivity contribution is 0.176. The van der Waals surface area contributed by atoms with E-state index in [9.17, 15) is 9.50 Å². The Morgan fingerprint density at radius 1 is 1.04 bits per heavy atom. The number of fused-ring (bicyclic) bond motifs is 1. The molecule has 0 spiro atoms. The van der Waals surface area contributed by atoms with E-state index in [1.54, 1.807) is 13.2 Å². The minimum Gasteiger partial charge on any atom is -0.505 e. The van der Waals surface area contributed by atoms with Gasteiger partial charge in [0.15, 0.2) is 17.2 Å². The van der Waals surface area contributed by atoms with Crippen LogP contribution in [0.4, 0.5) is 4.39 Å². The molecule has 27 heavy (non-hydrogen) atoms. The summed E-state index contributed by atoms with van der Waals surface area (Å²) in [5.74, 6) is -0.290. The molecule has 0 saturated heterocycles. The van der Waals surface area contributed by atoms with Crippen LogP contribution < -0.4 is 0 Å². The first-order valence-electron chi connectivity index (χ1n) is 8.48. The molecule has 1 N–H and O–H groups in total. The minimum atomic E-state index is -0.670. The van der Waals surface area contributed by atoms with Gasteiger partial charge in [-0.15, -0.1) is 0 Å². The van der Waals surface area contributed by atoms with Gasteiger partial charge >= 0.3 is 0 Å². The number of phenols is 1. The average Bonchev–Trinajstić information content (AvgIpc) is 2.99. The number of hydrogen-bond acceptors (Lipinski definition) is 4. The number of methoxy groups -OCH3 is 1. The SMILES string of the molecule is COCc1nc2nc(-c3ccccc3)c(-c3ccc(O)c(F)c3)cc2n1C. The second-order valence-electron chi connectivity index (χ2n) is 6.28. The smallest absolute Gasteiger partial charge is 0.178 e. The van der Waals surface area contributed by atoms with E-state index in [2.05, 4.69) is 4.98 Å². The Labute approximate surface area is 155 Å². The highest BCUT2D eigenvalue weighted by atomic mass is 19.1. The third-order valence-electron chi connectivity index (χ3n) is 4.55.